The summed E-state index contributed by atoms with van der Waals surface area (Å²) < 4.78 is 39.0. The quantitative estimate of drug-likeness (QED) is 0.515. The fourth-order valence-corrected chi connectivity index (χ4v) is 4.87. The van der Waals surface area contributed by atoms with Crippen molar-refractivity contribution in [3.05, 3.63) is 54.3 Å². The van der Waals surface area contributed by atoms with Gasteiger partial charge < -0.3 is 10.4 Å². The van der Waals surface area contributed by atoms with Gasteiger partial charge in [0.1, 0.15) is 11.5 Å². The molecule has 1 heterocycles. The summed E-state index contributed by atoms with van der Waals surface area (Å²) >= 11 is 0. The number of para-hydroxylation sites is 3. The molecule has 0 spiro atoms. The lowest BCUT2D eigenvalue weighted by atomic mass is 10.2. The molecule has 0 aromatic heterocycles. The summed E-state index contributed by atoms with van der Waals surface area (Å²) in [5, 5.41) is 13.3. The van der Waals surface area contributed by atoms with E-state index in [1.807, 2.05) is 13.8 Å². The lowest BCUT2D eigenvalue weighted by molar-refractivity contribution is 0.161. The summed E-state index contributed by atoms with van der Waals surface area (Å²) in [6.07, 6.45) is -0.285. The topological polar surface area (TPSA) is 79.2 Å². The van der Waals surface area contributed by atoms with Crippen molar-refractivity contribution >= 4 is 40.4 Å². The van der Waals surface area contributed by atoms with Crippen LogP contribution in [-0.4, -0.2) is 39.4 Å². The number of hydrogen-bond acceptors (Lipinski definition) is 6. The van der Waals surface area contributed by atoms with E-state index in [0.717, 1.165) is 0 Å². The molecule has 0 aliphatic carbocycles. The number of anilines is 3. The average molecular weight is 432 g/mol. The molecule has 156 valence electrons. The fraction of sp³-hybridized carbons (Fsp3) is 0.368. The zero-order valence-electron chi connectivity index (χ0n) is 15.8. The highest BCUT2D eigenvalue weighted by molar-refractivity contribution is 8.27. The molecule has 2 aromatic carbocycles. The van der Waals surface area contributed by atoms with Crippen molar-refractivity contribution in [3.63, 3.8) is 0 Å². The highest BCUT2D eigenvalue weighted by Gasteiger charge is 2.42. The summed E-state index contributed by atoms with van der Waals surface area (Å²) in [6.45, 7) is 4.63. The third kappa shape index (κ3) is 4.53. The van der Waals surface area contributed by atoms with Gasteiger partial charge in [-0.25, -0.2) is 8.70 Å². The summed E-state index contributed by atoms with van der Waals surface area (Å²) in [5.74, 6) is -0.532. The summed E-state index contributed by atoms with van der Waals surface area (Å²) in [6, 6.07) is 13.3. The number of nitrogens with zero attached hydrogens (tertiary/aromatic N) is 2. The second-order valence-corrected chi connectivity index (χ2v) is 8.62. The lowest BCUT2D eigenvalue weighted by Crippen LogP contribution is -2.36. The molecule has 4 N–H and O–H groups in total. The molecule has 3 rings (SSSR count). The SMILES string of the molecule is CC(C)NC[C@@H](O)CCN1c2ccccc2N(c2ccccc2F)S1(O)O.Cl. The molecule has 1 aliphatic heterocycles. The fourth-order valence-electron chi connectivity index (χ4n) is 3.07. The Morgan fingerprint density at radius 1 is 1.00 bits per heavy atom. The largest absolute Gasteiger partial charge is 0.392 e. The molecular weight excluding hydrogens is 405 g/mol. The van der Waals surface area contributed by atoms with E-state index in [1.54, 1.807) is 36.4 Å². The number of fused-ring (bicyclic) bond motifs is 1. The molecule has 0 bridgehead atoms. The number of benzene rings is 2. The molecule has 0 unspecified atom stereocenters. The van der Waals surface area contributed by atoms with Crippen LogP contribution < -0.4 is 13.9 Å². The van der Waals surface area contributed by atoms with Crippen LogP contribution in [0.25, 0.3) is 0 Å². The van der Waals surface area contributed by atoms with Crippen molar-refractivity contribution in [2.75, 3.05) is 21.7 Å². The van der Waals surface area contributed by atoms with Crippen molar-refractivity contribution in [3.8, 4) is 0 Å². The van der Waals surface area contributed by atoms with E-state index in [-0.39, 0.29) is 30.7 Å². The van der Waals surface area contributed by atoms with E-state index in [2.05, 4.69) is 5.32 Å². The van der Waals surface area contributed by atoms with E-state index in [4.69, 9.17) is 0 Å². The molecule has 0 saturated carbocycles. The maximum atomic E-state index is 14.4. The Hall–Kier alpha value is -1.55. The second kappa shape index (κ2) is 9.30. The van der Waals surface area contributed by atoms with Crippen molar-refractivity contribution in [1.29, 1.82) is 0 Å². The minimum atomic E-state index is -3.49. The molecule has 9 heteroatoms. The van der Waals surface area contributed by atoms with Crippen LogP contribution in [0.2, 0.25) is 0 Å². The molecule has 0 radical (unpaired) electrons. The Balaban J connectivity index is 0.00000280. The first-order valence-electron chi connectivity index (χ1n) is 8.93. The van der Waals surface area contributed by atoms with Gasteiger partial charge in [0, 0.05) is 19.1 Å². The van der Waals surface area contributed by atoms with Crippen molar-refractivity contribution in [1.82, 2.24) is 5.32 Å². The van der Waals surface area contributed by atoms with Gasteiger partial charge in [-0.15, -0.1) is 12.4 Å². The Kier molecular flexibility index (Phi) is 7.55. The maximum absolute atomic E-state index is 14.4. The Morgan fingerprint density at radius 2 is 1.57 bits per heavy atom. The van der Waals surface area contributed by atoms with Crippen LogP contribution in [-0.2, 0) is 0 Å². The first kappa shape index (κ1) is 22.7. The highest BCUT2D eigenvalue weighted by atomic mass is 35.5. The van der Waals surface area contributed by atoms with Gasteiger partial charge in [0.2, 0.25) is 0 Å². The molecular formula is C19H27ClFN3O3S. The third-order valence-corrected chi connectivity index (χ3v) is 6.26. The zero-order valence-corrected chi connectivity index (χ0v) is 17.5. The number of aliphatic hydroxyl groups excluding tert-OH is 1. The molecule has 6 nitrogen and oxygen atoms in total. The van der Waals surface area contributed by atoms with Crippen molar-refractivity contribution < 1.29 is 18.6 Å². The van der Waals surface area contributed by atoms with E-state index in [1.165, 1.54) is 20.7 Å². The van der Waals surface area contributed by atoms with Gasteiger partial charge in [0.15, 0.2) is 0 Å². The Labute approximate surface area is 173 Å². The number of halogens is 2. The lowest BCUT2D eigenvalue weighted by Gasteiger charge is -2.44. The number of aliphatic hydroxyl groups is 1. The molecule has 0 saturated heterocycles. The normalized spacial score (nSPS) is 17.2. The Morgan fingerprint density at radius 3 is 2.18 bits per heavy atom. The first-order chi connectivity index (χ1) is 12.8. The van der Waals surface area contributed by atoms with Gasteiger partial charge in [0.05, 0.1) is 17.5 Å². The van der Waals surface area contributed by atoms with Gasteiger partial charge in [-0.3, -0.25) is 13.4 Å². The molecule has 1 atom stereocenters. The van der Waals surface area contributed by atoms with Gasteiger partial charge in [-0.2, -0.15) is 0 Å². The predicted molar refractivity (Wildman–Crippen MR) is 116 cm³/mol. The van der Waals surface area contributed by atoms with Crippen LogP contribution in [0.15, 0.2) is 48.5 Å². The average Bonchev–Trinajstić information content (AvgIpc) is 2.85. The van der Waals surface area contributed by atoms with Crippen molar-refractivity contribution in [2.24, 2.45) is 0 Å². The van der Waals surface area contributed by atoms with E-state index in [9.17, 15) is 18.6 Å². The Bertz CT molecular complexity index is 797. The van der Waals surface area contributed by atoms with E-state index >= 15 is 0 Å². The van der Waals surface area contributed by atoms with Gasteiger partial charge in [0.25, 0.3) is 0 Å². The second-order valence-electron chi connectivity index (χ2n) is 6.83. The first-order valence-corrected chi connectivity index (χ1v) is 10.4. The summed E-state index contributed by atoms with van der Waals surface area (Å²) in [4.78, 5) is 0. The highest BCUT2D eigenvalue weighted by Crippen LogP contribution is 2.64. The maximum Gasteiger partial charge on any atom is 0.148 e. The van der Waals surface area contributed by atoms with Gasteiger partial charge in [-0.1, -0.05) is 38.1 Å². The smallest absolute Gasteiger partial charge is 0.148 e. The monoisotopic (exact) mass is 431 g/mol. The van der Waals surface area contributed by atoms with Crippen LogP contribution in [0.4, 0.5) is 21.5 Å². The molecule has 28 heavy (non-hydrogen) atoms. The zero-order chi connectivity index (χ0) is 19.6. The van der Waals surface area contributed by atoms with Crippen LogP contribution in [0.3, 0.4) is 0 Å². The molecule has 0 fully saturated rings. The van der Waals surface area contributed by atoms with Gasteiger partial charge in [-0.05, 0) is 41.6 Å². The minimum Gasteiger partial charge on any atom is -0.392 e. The summed E-state index contributed by atoms with van der Waals surface area (Å²) in [5.41, 5.74) is 1.23. The van der Waals surface area contributed by atoms with E-state index < -0.39 is 22.9 Å². The van der Waals surface area contributed by atoms with E-state index in [0.29, 0.717) is 24.3 Å². The predicted octanol–water partition coefficient (Wildman–Crippen LogP) is 4.54. The standard InChI is InChI=1S/C19H26FN3O3S.ClH/c1-14(2)21-13-15(24)11-12-22-18-9-5-6-10-19(18)23(27(22,25)26)17-8-4-3-7-16(17)20;/h3-10,14-15,21,24-26H,11-13H2,1-2H3;1H/t15-;/m0./s1. The van der Waals surface area contributed by atoms with Gasteiger partial charge >= 0.3 is 0 Å². The number of nitrogens with one attached hydrogen (secondary N) is 1. The molecule has 1 aliphatic rings. The third-order valence-electron chi connectivity index (χ3n) is 4.41. The number of rotatable bonds is 7. The van der Waals surface area contributed by atoms with Crippen LogP contribution >= 0.6 is 23.4 Å². The van der Waals surface area contributed by atoms with Crippen LogP contribution in [0.5, 0.6) is 0 Å². The van der Waals surface area contributed by atoms with Crippen molar-refractivity contribution in [2.45, 2.75) is 32.4 Å². The number of hydrogen-bond donors (Lipinski definition) is 4. The van der Waals surface area contributed by atoms with Crippen LogP contribution in [0.1, 0.15) is 20.3 Å². The molecule has 0 amide bonds. The minimum absolute atomic E-state index is 0. The molecule has 2 aromatic rings. The van der Waals surface area contributed by atoms with Crippen LogP contribution in [0, 0.1) is 5.82 Å². The summed E-state index contributed by atoms with van der Waals surface area (Å²) in [7, 11) is -3.49.